The van der Waals surface area contributed by atoms with Gasteiger partial charge in [-0.15, -0.1) is 0 Å². The van der Waals surface area contributed by atoms with Crippen molar-refractivity contribution in [3.8, 4) is 0 Å². The number of aliphatic hydroxyl groups excluding tert-OH is 1. The van der Waals surface area contributed by atoms with E-state index in [0.717, 1.165) is 18.1 Å². The van der Waals surface area contributed by atoms with E-state index in [1.165, 1.54) is 24.6 Å². The zero-order valence-electron chi connectivity index (χ0n) is 15.2. The van der Waals surface area contributed by atoms with Crippen molar-refractivity contribution < 1.29 is 18.7 Å². The summed E-state index contributed by atoms with van der Waals surface area (Å²) in [5.41, 5.74) is 2.70. The first kappa shape index (κ1) is 20.0. The predicted octanol–water partition coefficient (Wildman–Crippen LogP) is 3.87. The van der Waals surface area contributed by atoms with E-state index in [4.69, 9.17) is 0 Å². The van der Waals surface area contributed by atoms with Crippen molar-refractivity contribution in [3.05, 3.63) is 70.8 Å². The van der Waals surface area contributed by atoms with E-state index in [1.807, 2.05) is 18.2 Å². The van der Waals surface area contributed by atoms with Crippen LogP contribution in [0.4, 0.5) is 8.78 Å². The van der Waals surface area contributed by atoms with Gasteiger partial charge in [0.2, 0.25) is 5.91 Å². The van der Waals surface area contributed by atoms with E-state index in [-0.39, 0.29) is 12.5 Å². The molecule has 1 N–H and O–H groups in total. The summed E-state index contributed by atoms with van der Waals surface area (Å²) >= 11 is 0. The number of aliphatic hydroxyl groups is 1. The number of carbonyl (C=O) groups excluding carboxylic acids is 1. The second kappa shape index (κ2) is 9.43. The highest BCUT2D eigenvalue weighted by Crippen LogP contribution is 2.13. The molecule has 0 aliphatic carbocycles. The molecule has 0 radical (unpaired) electrons. The Morgan fingerprint density at radius 3 is 2.35 bits per heavy atom. The molecule has 26 heavy (non-hydrogen) atoms. The lowest BCUT2D eigenvalue weighted by Gasteiger charge is -2.24. The number of benzene rings is 2. The Balaban J connectivity index is 1.94. The number of hydrogen-bond donors (Lipinski definition) is 1. The van der Waals surface area contributed by atoms with Crippen molar-refractivity contribution in [2.75, 3.05) is 6.54 Å². The molecular weight excluding hydrogens is 336 g/mol. The van der Waals surface area contributed by atoms with Crippen LogP contribution in [-0.4, -0.2) is 28.6 Å². The van der Waals surface area contributed by atoms with Gasteiger partial charge in [0.15, 0.2) is 0 Å². The molecule has 1 atom stereocenters. The summed E-state index contributed by atoms with van der Waals surface area (Å²) in [5.74, 6) is -1.38. The summed E-state index contributed by atoms with van der Waals surface area (Å²) in [6.45, 7) is 4.15. The summed E-state index contributed by atoms with van der Waals surface area (Å²) < 4.78 is 26.4. The molecule has 3 nitrogen and oxygen atoms in total. The van der Waals surface area contributed by atoms with Crippen LogP contribution in [0.25, 0.3) is 0 Å². The van der Waals surface area contributed by atoms with Crippen molar-refractivity contribution in [2.45, 2.75) is 45.8 Å². The van der Waals surface area contributed by atoms with Crippen LogP contribution in [0.5, 0.6) is 0 Å². The number of carbonyl (C=O) groups is 1. The van der Waals surface area contributed by atoms with Gasteiger partial charge in [-0.3, -0.25) is 4.79 Å². The lowest BCUT2D eigenvalue weighted by molar-refractivity contribution is -0.131. The summed E-state index contributed by atoms with van der Waals surface area (Å²) in [4.78, 5) is 13.5. The van der Waals surface area contributed by atoms with E-state index in [2.05, 4.69) is 13.0 Å². The lowest BCUT2D eigenvalue weighted by atomic mass is 10.1. The van der Waals surface area contributed by atoms with Gasteiger partial charge < -0.3 is 10.0 Å². The zero-order valence-corrected chi connectivity index (χ0v) is 15.2. The molecule has 5 heteroatoms. The van der Waals surface area contributed by atoms with Crippen molar-refractivity contribution in [2.24, 2.45) is 0 Å². The van der Waals surface area contributed by atoms with E-state index in [0.29, 0.717) is 24.9 Å². The first-order valence-electron chi connectivity index (χ1n) is 8.83. The molecule has 0 aromatic heterocycles. The fraction of sp³-hybridized carbons (Fsp3) is 0.381. The number of halogens is 2. The van der Waals surface area contributed by atoms with Crippen LogP contribution in [0.2, 0.25) is 0 Å². The molecule has 0 aliphatic rings. The second-order valence-corrected chi connectivity index (χ2v) is 6.54. The molecule has 1 amide bonds. The highest BCUT2D eigenvalue weighted by atomic mass is 19.1. The van der Waals surface area contributed by atoms with Gasteiger partial charge >= 0.3 is 0 Å². The second-order valence-electron chi connectivity index (χ2n) is 6.54. The first-order chi connectivity index (χ1) is 12.4. The molecule has 0 aliphatic heterocycles. The van der Waals surface area contributed by atoms with Crippen LogP contribution < -0.4 is 0 Å². The van der Waals surface area contributed by atoms with E-state index in [9.17, 15) is 18.7 Å². The fourth-order valence-corrected chi connectivity index (χ4v) is 2.91. The van der Waals surface area contributed by atoms with Gasteiger partial charge in [-0.25, -0.2) is 8.78 Å². The third kappa shape index (κ3) is 6.23. The molecule has 0 saturated carbocycles. The summed E-state index contributed by atoms with van der Waals surface area (Å²) in [5, 5.41) is 10.3. The minimum absolute atomic E-state index is 0.122. The number of rotatable bonds is 8. The molecule has 0 heterocycles. The third-order valence-corrected chi connectivity index (χ3v) is 4.34. The van der Waals surface area contributed by atoms with Crippen LogP contribution in [0.1, 0.15) is 37.0 Å². The quantitative estimate of drug-likeness (QED) is 0.775. The van der Waals surface area contributed by atoms with Gasteiger partial charge in [0, 0.05) is 26.1 Å². The van der Waals surface area contributed by atoms with Crippen molar-refractivity contribution >= 4 is 5.91 Å². The maximum atomic E-state index is 13.2. The SMILES string of the molecule is CCc1cccc(CN(CC(O)CCc2cc(F)cc(F)c2)C(C)=O)c1. The highest BCUT2D eigenvalue weighted by molar-refractivity contribution is 5.73. The maximum Gasteiger partial charge on any atom is 0.219 e. The Hall–Kier alpha value is -2.27. The predicted molar refractivity (Wildman–Crippen MR) is 97.6 cm³/mol. The standard InChI is InChI=1S/C21H25F2NO2/c1-3-16-5-4-6-18(9-16)13-24(15(2)25)14-21(26)8-7-17-10-19(22)12-20(23)11-17/h4-6,9-12,21,26H,3,7-8,13-14H2,1-2H3. The first-order valence-corrected chi connectivity index (χ1v) is 8.83. The smallest absolute Gasteiger partial charge is 0.219 e. The van der Waals surface area contributed by atoms with Gasteiger partial charge in [-0.1, -0.05) is 31.2 Å². The molecule has 2 aromatic rings. The third-order valence-electron chi connectivity index (χ3n) is 4.34. The highest BCUT2D eigenvalue weighted by Gasteiger charge is 2.15. The van der Waals surface area contributed by atoms with Gasteiger partial charge in [0.25, 0.3) is 0 Å². The number of amides is 1. The Morgan fingerprint density at radius 2 is 1.73 bits per heavy atom. The number of nitrogens with zero attached hydrogens (tertiary/aromatic N) is 1. The molecule has 0 spiro atoms. The number of aryl methyl sites for hydroxylation is 2. The monoisotopic (exact) mass is 361 g/mol. The van der Waals surface area contributed by atoms with E-state index < -0.39 is 17.7 Å². The van der Waals surface area contributed by atoms with Crippen LogP contribution in [0.3, 0.4) is 0 Å². The van der Waals surface area contributed by atoms with Gasteiger partial charge in [-0.05, 0) is 48.1 Å². The van der Waals surface area contributed by atoms with Gasteiger partial charge in [-0.2, -0.15) is 0 Å². The summed E-state index contributed by atoms with van der Waals surface area (Å²) in [7, 11) is 0. The van der Waals surface area contributed by atoms with E-state index in [1.54, 1.807) is 4.90 Å². The Kier molecular flexibility index (Phi) is 7.27. The average molecular weight is 361 g/mol. The molecule has 140 valence electrons. The van der Waals surface area contributed by atoms with Crippen LogP contribution in [0, 0.1) is 11.6 Å². The molecule has 2 rings (SSSR count). The van der Waals surface area contributed by atoms with Crippen LogP contribution >= 0.6 is 0 Å². The lowest BCUT2D eigenvalue weighted by Crippen LogP contribution is -2.35. The summed E-state index contributed by atoms with van der Waals surface area (Å²) in [6.07, 6.45) is 0.814. The number of hydrogen-bond acceptors (Lipinski definition) is 2. The van der Waals surface area contributed by atoms with E-state index >= 15 is 0 Å². The average Bonchev–Trinajstić information content (AvgIpc) is 2.58. The minimum atomic E-state index is -0.764. The Labute approximate surface area is 153 Å². The zero-order chi connectivity index (χ0) is 19.1. The van der Waals surface area contributed by atoms with Gasteiger partial charge in [0.05, 0.1) is 6.10 Å². The summed E-state index contributed by atoms with van der Waals surface area (Å²) in [6, 6.07) is 11.3. The van der Waals surface area contributed by atoms with Gasteiger partial charge in [0.1, 0.15) is 11.6 Å². The minimum Gasteiger partial charge on any atom is -0.391 e. The molecule has 0 saturated heterocycles. The molecule has 0 bridgehead atoms. The van der Waals surface area contributed by atoms with Crippen molar-refractivity contribution in [3.63, 3.8) is 0 Å². The normalized spacial score (nSPS) is 12.0. The molecule has 1 unspecified atom stereocenters. The topological polar surface area (TPSA) is 40.5 Å². The molecule has 2 aromatic carbocycles. The fourth-order valence-electron chi connectivity index (χ4n) is 2.91. The van der Waals surface area contributed by atoms with Crippen molar-refractivity contribution in [1.82, 2.24) is 4.90 Å². The Morgan fingerprint density at radius 1 is 1.08 bits per heavy atom. The van der Waals surface area contributed by atoms with Crippen LogP contribution in [0.15, 0.2) is 42.5 Å². The van der Waals surface area contributed by atoms with Crippen molar-refractivity contribution in [1.29, 1.82) is 0 Å². The molecular formula is C21H25F2NO2. The maximum absolute atomic E-state index is 13.2. The Bertz CT molecular complexity index is 728. The largest absolute Gasteiger partial charge is 0.391 e. The van der Waals surface area contributed by atoms with Crippen LogP contribution in [-0.2, 0) is 24.2 Å². The molecule has 0 fully saturated rings.